The molecule has 5 aromatic rings. The van der Waals surface area contributed by atoms with Gasteiger partial charge in [0.25, 0.3) is 0 Å². The number of hydrogen-bond acceptors (Lipinski definition) is 3. The van der Waals surface area contributed by atoms with Crippen LogP contribution >= 0.6 is 0 Å². The molecular formula is C30H24O3. The van der Waals surface area contributed by atoms with Gasteiger partial charge >= 0.3 is 5.97 Å². The number of carbonyl (C=O) groups is 1. The third-order valence-electron chi connectivity index (χ3n) is 6.06. The van der Waals surface area contributed by atoms with E-state index in [0.717, 1.165) is 44.0 Å². The molecule has 5 rings (SSSR count). The molecule has 3 nitrogen and oxygen atoms in total. The van der Waals surface area contributed by atoms with Gasteiger partial charge in [-0.1, -0.05) is 91.0 Å². The molecule has 0 radical (unpaired) electrons. The summed E-state index contributed by atoms with van der Waals surface area (Å²) in [5, 5.41) is 4.14. The van der Waals surface area contributed by atoms with Crippen molar-refractivity contribution in [1.29, 1.82) is 0 Å². The molecule has 162 valence electrons. The Hall–Kier alpha value is -4.11. The van der Waals surface area contributed by atoms with Gasteiger partial charge in [-0.25, -0.2) is 4.79 Å². The normalized spacial score (nSPS) is 11.9. The molecule has 0 heterocycles. The second-order valence-corrected chi connectivity index (χ2v) is 8.03. The molecule has 0 spiro atoms. The lowest BCUT2D eigenvalue weighted by Gasteiger charge is -2.19. The van der Waals surface area contributed by atoms with Crippen molar-refractivity contribution in [2.75, 3.05) is 7.11 Å². The Morgan fingerprint density at radius 1 is 0.667 bits per heavy atom. The lowest BCUT2D eigenvalue weighted by Crippen LogP contribution is -2.11. The molecule has 0 N–H and O–H groups in total. The van der Waals surface area contributed by atoms with Gasteiger partial charge in [-0.15, -0.1) is 0 Å². The van der Waals surface area contributed by atoms with Gasteiger partial charge in [0.1, 0.15) is 11.9 Å². The Morgan fingerprint density at radius 3 is 1.91 bits per heavy atom. The van der Waals surface area contributed by atoms with Crippen LogP contribution in [0.4, 0.5) is 0 Å². The van der Waals surface area contributed by atoms with Crippen LogP contribution in [0.1, 0.15) is 28.9 Å². The van der Waals surface area contributed by atoms with E-state index in [1.165, 1.54) is 0 Å². The predicted molar refractivity (Wildman–Crippen MR) is 134 cm³/mol. The van der Waals surface area contributed by atoms with Crippen molar-refractivity contribution in [3.05, 3.63) is 114 Å². The molecule has 1 atom stereocenters. The first-order valence-corrected chi connectivity index (χ1v) is 11.0. The first-order valence-electron chi connectivity index (χ1n) is 11.0. The Balaban J connectivity index is 1.74. The van der Waals surface area contributed by atoms with Crippen LogP contribution in [0.5, 0.6) is 5.75 Å². The summed E-state index contributed by atoms with van der Waals surface area (Å²) in [7, 11) is 1.66. The fourth-order valence-electron chi connectivity index (χ4n) is 4.41. The first kappa shape index (κ1) is 20.8. The van der Waals surface area contributed by atoms with Crippen molar-refractivity contribution in [3.8, 4) is 16.9 Å². The highest BCUT2D eigenvalue weighted by Crippen LogP contribution is 2.42. The third kappa shape index (κ3) is 3.83. The number of ether oxygens (including phenoxy) is 2. The zero-order chi connectivity index (χ0) is 22.8. The second-order valence-electron chi connectivity index (χ2n) is 8.03. The average molecular weight is 433 g/mol. The molecule has 3 heteroatoms. The number of methoxy groups -OCH3 is 1. The summed E-state index contributed by atoms with van der Waals surface area (Å²) >= 11 is 0. The summed E-state index contributed by atoms with van der Waals surface area (Å²) in [6, 6.07) is 33.9. The maximum atomic E-state index is 13.5. The van der Waals surface area contributed by atoms with Gasteiger partial charge in [0.2, 0.25) is 0 Å². The van der Waals surface area contributed by atoms with Crippen LogP contribution in [0, 0.1) is 0 Å². The summed E-state index contributed by atoms with van der Waals surface area (Å²) in [4.78, 5) is 13.5. The molecule has 0 unspecified atom stereocenters. The highest BCUT2D eigenvalue weighted by molar-refractivity contribution is 6.14. The maximum absolute atomic E-state index is 13.5. The molecule has 0 fully saturated rings. The molecule has 0 aliphatic rings. The van der Waals surface area contributed by atoms with Gasteiger partial charge < -0.3 is 9.47 Å². The van der Waals surface area contributed by atoms with Crippen LogP contribution in [0.15, 0.2) is 103 Å². The van der Waals surface area contributed by atoms with Crippen LogP contribution in [0.3, 0.4) is 0 Å². The fourth-order valence-corrected chi connectivity index (χ4v) is 4.41. The Labute approximate surface area is 193 Å². The monoisotopic (exact) mass is 432 g/mol. The van der Waals surface area contributed by atoms with Gasteiger partial charge in [0, 0.05) is 11.1 Å². The van der Waals surface area contributed by atoms with E-state index in [1.807, 2.05) is 91.9 Å². The van der Waals surface area contributed by atoms with E-state index in [1.54, 1.807) is 7.11 Å². The predicted octanol–water partition coefficient (Wildman–Crippen LogP) is 7.59. The van der Waals surface area contributed by atoms with Crippen LogP contribution in [-0.4, -0.2) is 13.1 Å². The van der Waals surface area contributed by atoms with E-state index < -0.39 is 0 Å². The smallest absolute Gasteiger partial charge is 0.339 e. The lowest BCUT2D eigenvalue weighted by molar-refractivity contribution is 0.0339. The number of fused-ring (bicyclic) bond motifs is 2. The average Bonchev–Trinajstić information content (AvgIpc) is 2.87. The van der Waals surface area contributed by atoms with E-state index in [0.29, 0.717) is 5.56 Å². The van der Waals surface area contributed by atoms with E-state index in [-0.39, 0.29) is 12.1 Å². The number of rotatable bonds is 5. The molecule has 5 aromatic carbocycles. The number of carbonyl (C=O) groups excluding carboxylic acids is 1. The Kier molecular flexibility index (Phi) is 5.54. The van der Waals surface area contributed by atoms with Crippen molar-refractivity contribution >= 4 is 27.5 Å². The minimum Gasteiger partial charge on any atom is -0.496 e. The van der Waals surface area contributed by atoms with E-state index >= 15 is 0 Å². The highest BCUT2D eigenvalue weighted by atomic mass is 16.5. The fraction of sp³-hybridized carbons (Fsp3) is 0.100. The van der Waals surface area contributed by atoms with Crippen molar-refractivity contribution in [3.63, 3.8) is 0 Å². The van der Waals surface area contributed by atoms with Crippen LogP contribution in [0.25, 0.3) is 32.7 Å². The minimum atomic E-state index is -0.368. The summed E-state index contributed by atoms with van der Waals surface area (Å²) < 4.78 is 11.7. The molecule has 0 saturated heterocycles. The largest absolute Gasteiger partial charge is 0.496 e. The molecule has 0 bridgehead atoms. The third-order valence-corrected chi connectivity index (χ3v) is 6.06. The lowest BCUT2D eigenvalue weighted by atomic mass is 9.89. The first-order chi connectivity index (χ1) is 16.2. The van der Waals surface area contributed by atoms with Gasteiger partial charge in [0.05, 0.1) is 12.7 Å². The summed E-state index contributed by atoms with van der Waals surface area (Å²) in [6.45, 7) is 1.90. The van der Waals surface area contributed by atoms with Crippen LogP contribution in [-0.2, 0) is 4.74 Å². The number of hydrogen-bond donors (Lipinski definition) is 0. The summed E-state index contributed by atoms with van der Waals surface area (Å²) in [5.41, 5.74) is 3.20. The van der Waals surface area contributed by atoms with Crippen LogP contribution in [0.2, 0.25) is 0 Å². The van der Waals surface area contributed by atoms with Crippen molar-refractivity contribution in [1.82, 2.24) is 0 Å². The van der Waals surface area contributed by atoms with Crippen molar-refractivity contribution in [2.45, 2.75) is 13.0 Å². The van der Waals surface area contributed by atoms with Gasteiger partial charge in [-0.3, -0.25) is 0 Å². The topological polar surface area (TPSA) is 35.5 Å². The van der Waals surface area contributed by atoms with E-state index in [9.17, 15) is 4.79 Å². The SMILES string of the molecule is COc1ccc2ccccc2c1-c1c(C(=O)O[C@H](C)c2ccccc2)ccc2ccccc12. The molecule has 0 saturated carbocycles. The quantitative estimate of drug-likeness (QED) is 0.268. The zero-order valence-corrected chi connectivity index (χ0v) is 18.6. The van der Waals surface area contributed by atoms with Crippen molar-refractivity contribution < 1.29 is 14.3 Å². The maximum Gasteiger partial charge on any atom is 0.339 e. The molecule has 0 aliphatic heterocycles. The standard InChI is InChI=1S/C30H24O3/c1-20(21-10-4-3-5-11-21)33-30(31)26-18-16-22-12-6-8-14-24(22)28(26)29-25-15-9-7-13-23(25)17-19-27(29)32-2/h3-20H,1-2H3/t20-/m1/s1. The Bertz CT molecular complexity index is 1450. The molecule has 33 heavy (non-hydrogen) atoms. The number of benzene rings is 5. The highest BCUT2D eigenvalue weighted by Gasteiger charge is 2.23. The van der Waals surface area contributed by atoms with Gasteiger partial charge in [-0.2, -0.15) is 0 Å². The second kappa shape index (κ2) is 8.79. The van der Waals surface area contributed by atoms with E-state index in [2.05, 4.69) is 18.2 Å². The summed E-state index contributed by atoms with van der Waals surface area (Å²) in [5.74, 6) is 0.359. The molecule has 0 aliphatic carbocycles. The molecular weight excluding hydrogens is 408 g/mol. The van der Waals surface area contributed by atoms with Gasteiger partial charge in [0.15, 0.2) is 0 Å². The van der Waals surface area contributed by atoms with Crippen LogP contribution < -0.4 is 4.74 Å². The van der Waals surface area contributed by atoms with E-state index in [4.69, 9.17) is 9.47 Å². The number of esters is 1. The minimum absolute atomic E-state index is 0.359. The zero-order valence-electron chi connectivity index (χ0n) is 18.6. The van der Waals surface area contributed by atoms with Crippen molar-refractivity contribution in [2.24, 2.45) is 0 Å². The summed E-state index contributed by atoms with van der Waals surface area (Å²) in [6.07, 6.45) is -0.368. The molecule has 0 aromatic heterocycles. The van der Waals surface area contributed by atoms with Gasteiger partial charge in [-0.05, 0) is 46.2 Å². The molecule has 0 amide bonds. The Morgan fingerprint density at radius 2 is 1.24 bits per heavy atom.